The van der Waals surface area contributed by atoms with Crippen LogP contribution in [0.1, 0.15) is 47.0 Å². The number of carbonyl (C=O) groups is 3. The number of anilines is 2. The average Bonchev–Trinajstić information content (AvgIpc) is 3.49. The van der Waals surface area contributed by atoms with Gasteiger partial charge in [0, 0.05) is 44.0 Å². The topological polar surface area (TPSA) is 99.9 Å². The highest BCUT2D eigenvalue weighted by molar-refractivity contribution is 6.05. The van der Waals surface area contributed by atoms with Crippen LogP contribution in [0, 0.1) is 0 Å². The number of hydrogen-bond acceptors (Lipinski definition) is 7. The molecule has 6 rings (SSSR count). The SMILES string of the molecule is [2H]C(c1ccc(OC)cc1)N1C(=O)CCN(c2cnc3cc(N4C[C@H]5CC[C@@H](C4)N5C(=O)OC(C)(C)C)ccn23)C1=O. The fourth-order valence-electron chi connectivity index (χ4n) is 5.92. The zero-order valence-corrected chi connectivity index (χ0v) is 23.8. The number of urea groups is 1. The van der Waals surface area contributed by atoms with Gasteiger partial charge < -0.3 is 14.4 Å². The summed E-state index contributed by atoms with van der Waals surface area (Å²) >= 11 is 0. The van der Waals surface area contributed by atoms with E-state index in [1.165, 1.54) is 4.90 Å². The Morgan fingerprint density at radius 2 is 1.80 bits per heavy atom. The van der Waals surface area contributed by atoms with Crippen LogP contribution in [0.25, 0.3) is 5.65 Å². The third-order valence-corrected chi connectivity index (χ3v) is 7.85. The predicted molar refractivity (Wildman–Crippen MR) is 153 cm³/mol. The largest absolute Gasteiger partial charge is 0.497 e. The standard InChI is InChI=1S/C30H36N6O5/c1-30(2,3)41-29(39)36-22-7-8-23(36)19-32(18-22)21-11-13-33-25(15-21)31-16-26(33)34-14-12-27(37)35(28(34)38)17-20-5-9-24(40-4)10-6-20/h5-6,9-11,13,15-16,22-23H,7-8,12,14,17-19H2,1-4H3/t22-,23+/i17D/t17?,22-,23+. The van der Waals surface area contributed by atoms with Crippen molar-refractivity contribution in [3.8, 4) is 5.75 Å². The van der Waals surface area contributed by atoms with Crippen LogP contribution in [0.15, 0.2) is 48.8 Å². The Hall–Kier alpha value is -4.28. The fraction of sp³-hybridized carbons (Fsp3) is 0.467. The molecule has 3 saturated heterocycles. The highest BCUT2D eigenvalue weighted by Crippen LogP contribution is 2.35. The minimum absolute atomic E-state index is 0.0862. The predicted octanol–water partition coefficient (Wildman–Crippen LogP) is 4.29. The first-order valence-electron chi connectivity index (χ1n) is 14.5. The van der Waals surface area contributed by atoms with Crippen LogP contribution in [0.2, 0.25) is 0 Å². The minimum Gasteiger partial charge on any atom is -0.497 e. The molecule has 0 aliphatic carbocycles. The molecule has 4 amide bonds. The van der Waals surface area contributed by atoms with Crippen LogP contribution in [0.3, 0.4) is 0 Å². The first-order chi connectivity index (χ1) is 20.0. The van der Waals surface area contributed by atoms with Crippen molar-refractivity contribution >= 4 is 35.2 Å². The molecule has 2 bridgehead atoms. The molecule has 5 heterocycles. The molecule has 216 valence electrons. The zero-order valence-electron chi connectivity index (χ0n) is 24.8. The van der Waals surface area contributed by atoms with E-state index in [1.807, 2.05) is 48.4 Å². The number of carbonyl (C=O) groups excluding carboxylic acids is 3. The lowest BCUT2D eigenvalue weighted by molar-refractivity contribution is -0.129. The molecule has 2 aromatic heterocycles. The van der Waals surface area contributed by atoms with E-state index in [9.17, 15) is 14.4 Å². The third-order valence-electron chi connectivity index (χ3n) is 7.85. The van der Waals surface area contributed by atoms with Crippen LogP contribution in [-0.2, 0) is 16.1 Å². The minimum atomic E-state index is -1.18. The first kappa shape index (κ1) is 25.7. The van der Waals surface area contributed by atoms with Gasteiger partial charge in [0.1, 0.15) is 22.8 Å². The number of benzene rings is 1. The van der Waals surface area contributed by atoms with Gasteiger partial charge in [0.2, 0.25) is 5.91 Å². The number of imide groups is 1. The van der Waals surface area contributed by atoms with Crippen LogP contribution >= 0.6 is 0 Å². The van der Waals surface area contributed by atoms with E-state index < -0.39 is 18.2 Å². The molecule has 0 saturated carbocycles. The van der Waals surface area contributed by atoms with Crippen molar-refractivity contribution in [2.45, 2.75) is 64.2 Å². The molecular formula is C30H36N6O5. The van der Waals surface area contributed by atoms with Gasteiger partial charge in [0.15, 0.2) is 0 Å². The molecule has 0 N–H and O–H groups in total. The molecule has 41 heavy (non-hydrogen) atoms. The van der Waals surface area contributed by atoms with Gasteiger partial charge in [-0.2, -0.15) is 0 Å². The average molecular weight is 562 g/mol. The van der Waals surface area contributed by atoms with Crippen LogP contribution in [0.5, 0.6) is 5.75 Å². The van der Waals surface area contributed by atoms with Crippen molar-refractivity contribution in [1.82, 2.24) is 19.2 Å². The quantitative estimate of drug-likeness (QED) is 0.458. The van der Waals surface area contributed by atoms with Gasteiger partial charge in [0.05, 0.1) is 33.3 Å². The van der Waals surface area contributed by atoms with E-state index in [0.29, 0.717) is 35.9 Å². The summed E-state index contributed by atoms with van der Waals surface area (Å²) in [6, 6.07) is 10.4. The maximum Gasteiger partial charge on any atom is 0.410 e. The van der Waals surface area contributed by atoms with Crippen LogP contribution < -0.4 is 14.5 Å². The van der Waals surface area contributed by atoms with E-state index >= 15 is 0 Å². The van der Waals surface area contributed by atoms with Gasteiger partial charge >= 0.3 is 12.1 Å². The second-order valence-corrected chi connectivity index (χ2v) is 11.8. The van der Waals surface area contributed by atoms with Gasteiger partial charge in [-0.05, 0) is 57.4 Å². The fourth-order valence-corrected chi connectivity index (χ4v) is 5.92. The second kappa shape index (κ2) is 10.3. The van der Waals surface area contributed by atoms with Gasteiger partial charge in [0.25, 0.3) is 0 Å². The number of aromatic nitrogens is 2. The molecule has 0 spiro atoms. The Labute approximate surface area is 240 Å². The molecule has 1 unspecified atom stereocenters. The first-order valence-corrected chi connectivity index (χ1v) is 14.0. The third kappa shape index (κ3) is 5.16. The van der Waals surface area contributed by atoms with E-state index in [-0.39, 0.29) is 37.0 Å². The maximum atomic E-state index is 13.6. The van der Waals surface area contributed by atoms with Crippen LogP contribution in [0.4, 0.5) is 21.1 Å². The molecule has 3 aromatic rings. The second-order valence-electron chi connectivity index (χ2n) is 11.8. The number of imidazole rings is 1. The van der Waals surface area contributed by atoms with Crippen molar-refractivity contribution in [3.63, 3.8) is 0 Å². The van der Waals surface area contributed by atoms with Gasteiger partial charge in [-0.15, -0.1) is 0 Å². The van der Waals surface area contributed by atoms with E-state index in [1.54, 1.807) is 37.6 Å². The summed E-state index contributed by atoms with van der Waals surface area (Å²) in [6.45, 7) is 6.09. The number of amides is 4. The summed E-state index contributed by atoms with van der Waals surface area (Å²) < 4.78 is 21.4. The molecule has 3 aliphatic heterocycles. The molecule has 3 aliphatic rings. The van der Waals surface area contributed by atoms with Gasteiger partial charge in [-0.1, -0.05) is 12.1 Å². The van der Waals surface area contributed by atoms with E-state index in [2.05, 4.69) is 9.88 Å². The lowest BCUT2D eigenvalue weighted by Gasteiger charge is -2.42. The lowest BCUT2D eigenvalue weighted by atomic mass is 10.1. The highest BCUT2D eigenvalue weighted by atomic mass is 16.6. The monoisotopic (exact) mass is 561 g/mol. The summed E-state index contributed by atoms with van der Waals surface area (Å²) in [6.07, 6.45) is 5.25. The number of piperazine rings is 1. The maximum absolute atomic E-state index is 13.6. The molecule has 3 atom stereocenters. The van der Waals surface area contributed by atoms with Crippen LogP contribution in [-0.4, -0.2) is 81.6 Å². The van der Waals surface area contributed by atoms with Gasteiger partial charge in [-0.3, -0.25) is 23.9 Å². The van der Waals surface area contributed by atoms with Crippen molar-refractivity contribution < 1.29 is 25.2 Å². The number of rotatable bonds is 5. The summed E-state index contributed by atoms with van der Waals surface area (Å²) in [7, 11) is 1.55. The Morgan fingerprint density at radius 1 is 1.10 bits per heavy atom. The lowest BCUT2D eigenvalue weighted by Crippen LogP contribution is -2.56. The zero-order chi connectivity index (χ0) is 29.8. The molecule has 11 nitrogen and oxygen atoms in total. The number of hydrogen-bond donors (Lipinski definition) is 0. The Bertz CT molecular complexity index is 1500. The molecule has 11 heteroatoms. The van der Waals surface area contributed by atoms with Gasteiger partial charge in [-0.25, -0.2) is 14.6 Å². The Morgan fingerprint density at radius 3 is 2.46 bits per heavy atom. The number of pyridine rings is 1. The number of fused-ring (bicyclic) bond motifs is 3. The molecular weight excluding hydrogens is 524 g/mol. The summed E-state index contributed by atoms with van der Waals surface area (Å²) in [5, 5.41) is 0. The van der Waals surface area contributed by atoms with Crippen molar-refractivity contribution in [3.05, 3.63) is 54.4 Å². The Balaban J connectivity index is 1.20. The van der Waals surface area contributed by atoms with Crippen molar-refractivity contribution in [2.24, 2.45) is 0 Å². The molecule has 1 aromatic carbocycles. The summed E-state index contributed by atoms with van der Waals surface area (Å²) in [4.78, 5) is 50.5. The van der Waals surface area contributed by atoms with Crippen molar-refractivity contribution in [2.75, 3.05) is 36.5 Å². The van der Waals surface area contributed by atoms with Crippen molar-refractivity contribution in [1.29, 1.82) is 0 Å². The number of ether oxygens (including phenoxy) is 2. The molecule has 3 fully saturated rings. The smallest absolute Gasteiger partial charge is 0.410 e. The van der Waals surface area contributed by atoms with E-state index in [0.717, 1.165) is 23.4 Å². The Kier molecular flexibility index (Phi) is 6.44. The van der Waals surface area contributed by atoms with E-state index in [4.69, 9.17) is 10.8 Å². The summed E-state index contributed by atoms with van der Waals surface area (Å²) in [5.41, 5.74) is 1.64. The number of nitrogens with zero attached hydrogens (tertiary/aromatic N) is 6. The summed E-state index contributed by atoms with van der Waals surface area (Å²) in [5.74, 6) is 0.783. The molecule has 0 radical (unpaired) electrons. The normalized spacial score (nSPS) is 22.3. The highest BCUT2D eigenvalue weighted by Gasteiger charge is 2.44. The number of methoxy groups -OCH3 is 1.